The molecular weight excluding hydrogens is 455 g/mol. The van der Waals surface area contributed by atoms with Crippen molar-refractivity contribution in [2.75, 3.05) is 0 Å². The number of halogens is 3. The molecule has 1 atom stereocenters. The molecule has 6 nitrogen and oxygen atoms in total. The molecule has 0 bridgehead atoms. The van der Waals surface area contributed by atoms with Crippen molar-refractivity contribution in [2.45, 2.75) is 45.8 Å². The molecule has 0 spiro atoms. The van der Waals surface area contributed by atoms with E-state index in [0.29, 0.717) is 34.8 Å². The van der Waals surface area contributed by atoms with Crippen LogP contribution in [0.15, 0.2) is 65.6 Å². The number of imidazole rings is 1. The number of hydrogen-bond donors (Lipinski definition) is 0. The summed E-state index contributed by atoms with van der Waals surface area (Å²) in [6.07, 6.45) is -1.38. The molecule has 0 radical (unpaired) electrons. The molecule has 0 aliphatic carbocycles. The lowest BCUT2D eigenvalue weighted by molar-refractivity contribution is -0.137. The predicted molar refractivity (Wildman–Crippen MR) is 127 cm³/mol. The Bertz CT molecular complexity index is 1450. The zero-order chi connectivity index (χ0) is 25.3. The van der Waals surface area contributed by atoms with Crippen LogP contribution in [0.2, 0.25) is 0 Å². The first-order valence-electron chi connectivity index (χ1n) is 11.2. The molecule has 0 aliphatic heterocycles. The van der Waals surface area contributed by atoms with Crippen LogP contribution in [0.1, 0.15) is 49.6 Å². The largest absolute Gasteiger partial charge is 0.416 e. The Balaban J connectivity index is 1.97. The van der Waals surface area contributed by atoms with Crippen LogP contribution in [0.5, 0.6) is 0 Å². The van der Waals surface area contributed by atoms with Crippen LogP contribution in [-0.2, 0) is 6.18 Å². The fraction of sp³-hybridized carbons (Fsp3) is 0.269. The fourth-order valence-corrected chi connectivity index (χ4v) is 4.38. The maximum atomic E-state index is 13.7. The SMILES string of the molecule is CCCC(C)n1c(-c2ccnn2-c2ccc(C#N)cc2)c(C)n(-c2cccc(C(F)(F)F)c2)c1=O. The van der Waals surface area contributed by atoms with E-state index in [-0.39, 0.29) is 11.7 Å². The molecule has 1 unspecified atom stereocenters. The highest BCUT2D eigenvalue weighted by atomic mass is 19.4. The number of rotatable bonds is 6. The van der Waals surface area contributed by atoms with Gasteiger partial charge < -0.3 is 0 Å². The van der Waals surface area contributed by atoms with Crippen LogP contribution in [0, 0.1) is 18.3 Å². The van der Waals surface area contributed by atoms with Crippen molar-refractivity contribution < 1.29 is 13.2 Å². The Labute approximate surface area is 200 Å². The first-order valence-corrected chi connectivity index (χ1v) is 11.2. The van der Waals surface area contributed by atoms with Crippen molar-refractivity contribution in [3.05, 3.63) is 88.1 Å². The molecule has 35 heavy (non-hydrogen) atoms. The summed E-state index contributed by atoms with van der Waals surface area (Å²) in [5, 5.41) is 13.5. The minimum absolute atomic E-state index is 0.149. The number of nitriles is 1. The van der Waals surface area contributed by atoms with E-state index in [1.807, 2.05) is 13.8 Å². The molecule has 2 heterocycles. The highest BCUT2D eigenvalue weighted by molar-refractivity contribution is 5.63. The van der Waals surface area contributed by atoms with Gasteiger partial charge in [0.15, 0.2) is 0 Å². The van der Waals surface area contributed by atoms with Crippen molar-refractivity contribution in [1.29, 1.82) is 5.26 Å². The third-order valence-corrected chi connectivity index (χ3v) is 6.02. The second-order valence-electron chi connectivity index (χ2n) is 8.39. The van der Waals surface area contributed by atoms with Crippen LogP contribution in [-0.4, -0.2) is 18.9 Å². The van der Waals surface area contributed by atoms with Crippen LogP contribution in [0.4, 0.5) is 13.2 Å². The Morgan fingerprint density at radius 2 is 1.80 bits per heavy atom. The number of benzene rings is 2. The van der Waals surface area contributed by atoms with Gasteiger partial charge in [0.2, 0.25) is 0 Å². The maximum absolute atomic E-state index is 13.7. The van der Waals surface area contributed by atoms with E-state index in [9.17, 15) is 18.0 Å². The van der Waals surface area contributed by atoms with E-state index in [4.69, 9.17) is 5.26 Å². The molecule has 180 valence electrons. The molecule has 4 aromatic rings. The summed E-state index contributed by atoms with van der Waals surface area (Å²) in [5.41, 5.74) is 1.82. The quantitative estimate of drug-likeness (QED) is 0.338. The third kappa shape index (κ3) is 4.39. The van der Waals surface area contributed by atoms with Crippen molar-refractivity contribution >= 4 is 0 Å². The van der Waals surface area contributed by atoms with E-state index >= 15 is 0 Å². The van der Waals surface area contributed by atoms with Crippen LogP contribution < -0.4 is 5.69 Å². The van der Waals surface area contributed by atoms with Gasteiger partial charge >= 0.3 is 11.9 Å². The van der Waals surface area contributed by atoms with Gasteiger partial charge in [-0.3, -0.25) is 9.13 Å². The molecule has 0 N–H and O–H groups in total. The van der Waals surface area contributed by atoms with Gasteiger partial charge in [-0.25, -0.2) is 9.48 Å². The first kappa shape index (κ1) is 24.1. The van der Waals surface area contributed by atoms with Gasteiger partial charge in [0.1, 0.15) is 0 Å². The van der Waals surface area contributed by atoms with Crippen molar-refractivity contribution in [3.8, 4) is 28.8 Å². The summed E-state index contributed by atoms with van der Waals surface area (Å²) in [5.74, 6) is 0. The van der Waals surface area contributed by atoms with Crippen molar-refractivity contribution in [1.82, 2.24) is 18.9 Å². The lowest BCUT2D eigenvalue weighted by Crippen LogP contribution is -2.26. The molecule has 2 aromatic heterocycles. The molecule has 0 fully saturated rings. The topological polar surface area (TPSA) is 68.5 Å². The van der Waals surface area contributed by atoms with E-state index in [1.165, 1.54) is 16.7 Å². The average molecular weight is 480 g/mol. The molecule has 4 rings (SSSR count). The molecule has 0 amide bonds. The van der Waals surface area contributed by atoms with Gasteiger partial charge in [0.25, 0.3) is 0 Å². The highest BCUT2D eigenvalue weighted by Crippen LogP contribution is 2.33. The van der Waals surface area contributed by atoms with Gasteiger partial charge in [-0.2, -0.15) is 23.5 Å². The average Bonchev–Trinajstić information content (AvgIpc) is 3.40. The van der Waals surface area contributed by atoms with Crippen LogP contribution >= 0.6 is 0 Å². The molecule has 9 heteroatoms. The van der Waals surface area contributed by atoms with E-state index in [1.54, 1.807) is 52.7 Å². The number of nitrogens with zero attached hydrogens (tertiary/aromatic N) is 5. The summed E-state index contributed by atoms with van der Waals surface area (Å²) >= 11 is 0. The normalized spacial score (nSPS) is 12.5. The molecule has 0 saturated carbocycles. The monoisotopic (exact) mass is 479 g/mol. The van der Waals surface area contributed by atoms with E-state index in [0.717, 1.165) is 18.6 Å². The second-order valence-corrected chi connectivity index (χ2v) is 8.39. The van der Waals surface area contributed by atoms with E-state index < -0.39 is 17.4 Å². The summed E-state index contributed by atoms with van der Waals surface area (Å²) < 4.78 is 44.8. The molecule has 0 aliphatic rings. The number of hydrogen-bond acceptors (Lipinski definition) is 3. The van der Waals surface area contributed by atoms with Gasteiger partial charge in [0, 0.05) is 6.04 Å². The van der Waals surface area contributed by atoms with Crippen molar-refractivity contribution in [2.24, 2.45) is 0 Å². The molecular formula is C26H24F3N5O. The van der Waals surface area contributed by atoms with Crippen LogP contribution in [0.25, 0.3) is 22.8 Å². The summed E-state index contributed by atoms with van der Waals surface area (Å²) in [6, 6.07) is 15.3. The minimum atomic E-state index is -4.53. The smallest absolute Gasteiger partial charge is 0.287 e. The number of alkyl halides is 3. The zero-order valence-electron chi connectivity index (χ0n) is 19.5. The standard InChI is InChI=1S/C26H24F3N5O/c1-4-6-17(2)32-24(23-13-14-31-34(23)21-11-9-19(16-30)10-12-21)18(3)33(25(32)35)22-8-5-7-20(15-22)26(27,28)29/h5,7-15,17H,4,6H2,1-3H3. The van der Waals surface area contributed by atoms with Gasteiger partial charge in [-0.15, -0.1) is 0 Å². The summed E-state index contributed by atoms with van der Waals surface area (Å²) in [4.78, 5) is 13.7. The fourth-order valence-electron chi connectivity index (χ4n) is 4.38. The highest BCUT2D eigenvalue weighted by Gasteiger charge is 2.31. The lowest BCUT2D eigenvalue weighted by Gasteiger charge is -2.16. The Morgan fingerprint density at radius 3 is 2.43 bits per heavy atom. The maximum Gasteiger partial charge on any atom is 0.416 e. The second kappa shape index (κ2) is 9.29. The molecule has 0 saturated heterocycles. The van der Waals surface area contributed by atoms with Crippen LogP contribution in [0.3, 0.4) is 0 Å². The Morgan fingerprint density at radius 1 is 1.09 bits per heavy atom. The predicted octanol–water partition coefficient (Wildman–Crippen LogP) is 6.05. The van der Waals surface area contributed by atoms with Crippen molar-refractivity contribution in [3.63, 3.8) is 0 Å². The lowest BCUT2D eigenvalue weighted by atomic mass is 10.1. The summed E-state index contributed by atoms with van der Waals surface area (Å²) in [7, 11) is 0. The van der Waals surface area contributed by atoms with Gasteiger partial charge in [-0.05, 0) is 68.8 Å². The van der Waals surface area contributed by atoms with E-state index in [2.05, 4.69) is 11.2 Å². The zero-order valence-corrected chi connectivity index (χ0v) is 19.5. The Hall–Kier alpha value is -4.06. The van der Waals surface area contributed by atoms with Gasteiger partial charge in [0.05, 0.1) is 51.8 Å². The third-order valence-electron chi connectivity index (χ3n) is 6.02. The Kier molecular flexibility index (Phi) is 6.39. The summed E-state index contributed by atoms with van der Waals surface area (Å²) in [6.45, 7) is 5.66. The van der Waals surface area contributed by atoms with Gasteiger partial charge in [-0.1, -0.05) is 19.4 Å². The minimum Gasteiger partial charge on any atom is -0.287 e. The molecule has 2 aromatic carbocycles. The first-order chi connectivity index (χ1) is 16.7. The number of aromatic nitrogens is 4.